The van der Waals surface area contributed by atoms with Gasteiger partial charge in [0.15, 0.2) is 0 Å². The largest absolute Gasteiger partial charge is 0.481 e. The SMILES string of the molecule is O=C(O)CC(C(=O)N[C@@H]1CCCN(CCCc2ccc3c(n2)NCCC3)C1)c1ccccc1. The Kier molecular flexibility index (Phi) is 7.94. The van der Waals surface area contributed by atoms with Crippen LogP contribution < -0.4 is 10.6 Å². The number of anilines is 1. The molecule has 2 aliphatic rings. The topological polar surface area (TPSA) is 94.6 Å². The maximum absolute atomic E-state index is 13.0. The second kappa shape index (κ2) is 11.3. The second-order valence-electron chi connectivity index (χ2n) is 9.15. The summed E-state index contributed by atoms with van der Waals surface area (Å²) in [5, 5.41) is 15.8. The van der Waals surface area contributed by atoms with Crippen LogP contribution in [0.5, 0.6) is 0 Å². The smallest absolute Gasteiger partial charge is 0.304 e. The van der Waals surface area contributed by atoms with E-state index < -0.39 is 11.9 Å². The zero-order valence-electron chi connectivity index (χ0n) is 19.1. The number of rotatable bonds is 9. The molecule has 1 saturated heterocycles. The lowest BCUT2D eigenvalue weighted by molar-refractivity contribution is -0.139. The predicted octanol–water partition coefficient (Wildman–Crippen LogP) is 3.21. The summed E-state index contributed by atoms with van der Waals surface area (Å²) in [4.78, 5) is 31.5. The highest BCUT2D eigenvalue weighted by Crippen LogP contribution is 2.22. The number of hydrogen-bond donors (Lipinski definition) is 3. The first-order chi connectivity index (χ1) is 16.1. The third kappa shape index (κ3) is 6.54. The molecular formula is C26H34N4O3. The van der Waals surface area contributed by atoms with E-state index in [0.29, 0.717) is 0 Å². The molecule has 1 fully saturated rings. The van der Waals surface area contributed by atoms with Crippen molar-refractivity contribution in [2.45, 2.75) is 56.9 Å². The summed E-state index contributed by atoms with van der Waals surface area (Å²) < 4.78 is 0. The third-order valence-electron chi connectivity index (χ3n) is 6.61. The van der Waals surface area contributed by atoms with Gasteiger partial charge in [-0.2, -0.15) is 0 Å². The first-order valence-corrected chi connectivity index (χ1v) is 12.1. The molecule has 33 heavy (non-hydrogen) atoms. The van der Waals surface area contributed by atoms with Crippen LogP contribution in [0.3, 0.4) is 0 Å². The van der Waals surface area contributed by atoms with Crippen LogP contribution in [0.4, 0.5) is 5.82 Å². The lowest BCUT2D eigenvalue weighted by atomic mass is 9.94. The molecule has 1 aromatic heterocycles. The van der Waals surface area contributed by atoms with E-state index in [9.17, 15) is 14.7 Å². The molecule has 7 heteroatoms. The van der Waals surface area contributed by atoms with Crippen LogP contribution in [0.1, 0.15) is 54.8 Å². The molecule has 1 unspecified atom stereocenters. The van der Waals surface area contributed by atoms with Crippen LogP contribution in [0, 0.1) is 0 Å². The van der Waals surface area contributed by atoms with E-state index in [2.05, 4.69) is 27.7 Å². The number of pyridine rings is 1. The molecule has 4 rings (SSSR count). The number of carbonyl (C=O) groups is 2. The van der Waals surface area contributed by atoms with Crippen molar-refractivity contribution < 1.29 is 14.7 Å². The van der Waals surface area contributed by atoms with Crippen LogP contribution in [-0.2, 0) is 22.4 Å². The molecular weight excluding hydrogens is 416 g/mol. The lowest BCUT2D eigenvalue weighted by Crippen LogP contribution is -2.49. The molecule has 2 atom stereocenters. The van der Waals surface area contributed by atoms with Crippen molar-refractivity contribution in [1.29, 1.82) is 0 Å². The Hall–Kier alpha value is -2.93. The average Bonchev–Trinajstić information content (AvgIpc) is 2.83. The fourth-order valence-corrected chi connectivity index (χ4v) is 4.89. The van der Waals surface area contributed by atoms with Crippen LogP contribution in [0.25, 0.3) is 0 Å². The number of benzene rings is 1. The molecule has 2 aromatic rings. The summed E-state index contributed by atoms with van der Waals surface area (Å²) >= 11 is 0. The van der Waals surface area contributed by atoms with E-state index >= 15 is 0 Å². The van der Waals surface area contributed by atoms with Gasteiger partial charge in [0, 0.05) is 24.8 Å². The van der Waals surface area contributed by atoms with E-state index in [4.69, 9.17) is 4.98 Å². The Morgan fingerprint density at radius 1 is 1.18 bits per heavy atom. The Morgan fingerprint density at radius 2 is 2.03 bits per heavy atom. The summed E-state index contributed by atoms with van der Waals surface area (Å²) in [5.74, 6) is -0.770. The summed E-state index contributed by atoms with van der Waals surface area (Å²) in [7, 11) is 0. The van der Waals surface area contributed by atoms with Gasteiger partial charge in [-0.25, -0.2) is 4.98 Å². The minimum absolute atomic E-state index is 0.0531. The zero-order valence-corrected chi connectivity index (χ0v) is 19.1. The molecule has 7 nitrogen and oxygen atoms in total. The summed E-state index contributed by atoms with van der Waals surface area (Å²) in [5.41, 5.74) is 3.19. The normalized spacial score (nSPS) is 19.2. The van der Waals surface area contributed by atoms with Crippen LogP contribution in [0.2, 0.25) is 0 Å². The number of aryl methyl sites for hydroxylation is 2. The number of nitrogens with zero attached hydrogens (tertiary/aromatic N) is 2. The van der Waals surface area contributed by atoms with Gasteiger partial charge >= 0.3 is 5.97 Å². The number of piperidine rings is 1. The number of likely N-dealkylation sites (tertiary alicyclic amines) is 1. The minimum Gasteiger partial charge on any atom is -0.481 e. The number of carboxylic acid groups (broad SMARTS) is 1. The van der Waals surface area contributed by atoms with Crippen molar-refractivity contribution in [3.05, 3.63) is 59.3 Å². The first-order valence-electron chi connectivity index (χ1n) is 12.1. The number of carbonyl (C=O) groups excluding carboxylic acids is 1. The summed E-state index contributed by atoms with van der Waals surface area (Å²) in [6.45, 7) is 3.81. The summed E-state index contributed by atoms with van der Waals surface area (Å²) in [6.07, 6.45) is 6.00. The van der Waals surface area contributed by atoms with Gasteiger partial charge in [-0.15, -0.1) is 0 Å². The number of hydrogen-bond acceptors (Lipinski definition) is 5. The molecule has 0 spiro atoms. The fraction of sp³-hybridized carbons (Fsp3) is 0.500. The predicted molar refractivity (Wildman–Crippen MR) is 128 cm³/mol. The average molecular weight is 451 g/mol. The fourth-order valence-electron chi connectivity index (χ4n) is 4.89. The van der Waals surface area contributed by atoms with E-state index in [1.165, 1.54) is 12.0 Å². The van der Waals surface area contributed by atoms with E-state index in [1.807, 2.05) is 30.3 Å². The highest BCUT2D eigenvalue weighted by molar-refractivity contribution is 5.88. The number of amides is 1. The molecule has 3 heterocycles. The Balaban J connectivity index is 1.27. The minimum atomic E-state index is -0.963. The molecule has 0 radical (unpaired) electrons. The Bertz CT molecular complexity index is 950. The lowest BCUT2D eigenvalue weighted by Gasteiger charge is -2.34. The van der Waals surface area contributed by atoms with Crippen molar-refractivity contribution >= 4 is 17.7 Å². The standard InChI is InChI=1S/C26H34N4O3/c31-24(32)17-23(19-7-2-1-3-8-19)26(33)29-22-11-6-16-30(18-22)15-5-10-21-13-12-20-9-4-14-27-25(20)28-21/h1-3,7-8,12-13,22-23H,4-6,9-11,14-18H2,(H,27,28)(H,29,33)(H,31,32)/t22-,23?/m1/s1. The van der Waals surface area contributed by atoms with Crippen molar-refractivity contribution in [3.63, 3.8) is 0 Å². The van der Waals surface area contributed by atoms with Gasteiger partial charge in [0.25, 0.3) is 0 Å². The van der Waals surface area contributed by atoms with E-state index in [0.717, 1.165) is 75.4 Å². The molecule has 1 amide bonds. The third-order valence-corrected chi connectivity index (χ3v) is 6.61. The van der Waals surface area contributed by atoms with Crippen molar-refractivity contribution in [3.8, 4) is 0 Å². The molecule has 0 saturated carbocycles. The number of nitrogens with one attached hydrogen (secondary N) is 2. The Morgan fingerprint density at radius 3 is 2.85 bits per heavy atom. The van der Waals surface area contributed by atoms with Gasteiger partial charge in [-0.05, 0) is 68.8 Å². The zero-order chi connectivity index (χ0) is 23.0. The van der Waals surface area contributed by atoms with Gasteiger partial charge in [-0.1, -0.05) is 36.4 Å². The second-order valence-corrected chi connectivity index (χ2v) is 9.15. The number of fused-ring (bicyclic) bond motifs is 1. The molecule has 176 valence electrons. The van der Waals surface area contributed by atoms with Gasteiger partial charge in [0.1, 0.15) is 5.82 Å². The Labute approximate surface area is 195 Å². The van der Waals surface area contributed by atoms with Crippen LogP contribution in [-0.4, -0.2) is 59.1 Å². The monoisotopic (exact) mass is 450 g/mol. The maximum atomic E-state index is 13.0. The number of carboxylic acids is 1. The highest BCUT2D eigenvalue weighted by Gasteiger charge is 2.27. The van der Waals surface area contributed by atoms with Crippen molar-refractivity contribution in [2.75, 3.05) is 31.5 Å². The quantitative estimate of drug-likeness (QED) is 0.543. The molecule has 1 aromatic carbocycles. The molecule has 0 bridgehead atoms. The van der Waals surface area contributed by atoms with Gasteiger partial charge in [0.05, 0.1) is 12.3 Å². The van der Waals surface area contributed by atoms with Crippen molar-refractivity contribution in [2.24, 2.45) is 0 Å². The summed E-state index contributed by atoms with van der Waals surface area (Å²) in [6, 6.07) is 13.6. The van der Waals surface area contributed by atoms with Crippen molar-refractivity contribution in [1.82, 2.24) is 15.2 Å². The molecule has 2 aliphatic heterocycles. The number of aliphatic carboxylic acids is 1. The van der Waals surface area contributed by atoms with Crippen LogP contribution >= 0.6 is 0 Å². The van der Waals surface area contributed by atoms with Gasteiger partial charge in [-0.3, -0.25) is 9.59 Å². The number of aromatic nitrogens is 1. The van der Waals surface area contributed by atoms with Gasteiger partial charge < -0.3 is 20.6 Å². The highest BCUT2D eigenvalue weighted by atomic mass is 16.4. The van der Waals surface area contributed by atoms with E-state index in [1.54, 1.807) is 0 Å². The maximum Gasteiger partial charge on any atom is 0.304 e. The van der Waals surface area contributed by atoms with E-state index in [-0.39, 0.29) is 18.4 Å². The molecule has 0 aliphatic carbocycles. The van der Waals surface area contributed by atoms with Crippen LogP contribution in [0.15, 0.2) is 42.5 Å². The molecule has 3 N–H and O–H groups in total. The van der Waals surface area contributed by atoms with Gasteiger partial charge in [0.2, 0.25) is 5.91 Å². The first kappa shape index (κ1) is 23.2.